The maximum Gasteiger partial charge on any atom is 0.289 e. The van der Waals surface area contributed by atoms with E-state index in [1.807, 2.05) is 0 Å². The molecule has 0 unspecified atom stereocenters. The van der Waals surface area contributed by atoms with Crippen LogP contribution in [0.1, 0.15) is 11.6 Å². The van der Waals surface area contributed by atoms with Gasteiger partial charge in [0.25, 0.3) is 5.92 Å². The number of aliphatic hydroxyl groups excluding tert-OH is 1. The Bertz CT molecular complexity index is 365. The number of alkyl halides is 2. The van der Waals surface area contributed by atoms with E-state index in [2.05, 4.69) is 15.9 Å². The van der Waals surface area contributed by atoms with Crippen LogP contribution in [-0.4, -0.2) is 22.7 Å². The fourth-order valence-corrected chi connectivity index (χ4v) is 1.46. The summed E-state index contributed by atoms with van der Waals surface area (Å²) in [5.41, 5.74) is 5.43. The first-order valence-corrected chi connectivity index (χ1v) is 4.90. The molecule has 0 saturated heterocycles. The number of hydrogen-bond donors (Lipinski definition) is 3. The molecule has 1 rings (SSSR count). The lowest BCUT2D eigenvalue weighted by atomic mass is 10.0. The highest BCUT2D eigenvalue weighted by Gasteiger charge is 2.37. The number of rotatable bonds is 3. The van der Waals surface area contributed by atoms with Gasteiger partial charge in [-0.2, -0.15) is 0 Å². The summed E-state index contributed by atoms with van der Waals surface area (Å²) in [6, 6.07) is 2.24. The average molecular weight is 319 g/mol. The summed E-state index contributed by atoms with van der Waals surface area (Å²) in [6.07, 6.45) is 0. The van der Waals surface area contributed by atoms with Gasteiger partial charge in [-0.3, -0.25) is 0 Å². The van der Waals surface area contributed by atoms with E-state index in [4.69, 9.17) is 15.9 Å². The normalized spacial score (nSPS) is 13.1. The molecule has 1 aromatic carbocycles. The second kappa shape index (κ2) is 5.77. The molecular formula is C9H11BrClF2NO2. The first kappa shape index (κ1) is 15.6. The van der Waals surface area contributed by atoms with Crippen LogP contribution in [0.3, 0.4) is 0 Å². The molecule has 0 aliphatic heterocycles. The van der Waals surface area contributed by atoms with Crippen LogP contribution in [0.15, 0.2) is 22.7 Å². The minimum Gasteiger partial charge on any atom is -0.507 e. The summed E-state index contributed by atoms with van der Waals surface area (Å²) in [7, 11) is 0. The quantitative estimate of drug-likeness (QED) is 0.800. The topological polar surface area (TPSA) is 66.5 Å². The summed E-state index contributed by atoms with van der Waals surface area (Å²) in [4.78, 5) is 0. The van der Waals surface area contributed by atoms with E-state index in [-0.39, 0.29) is 28.2 Å². The van der Waals surface area contributed by atoms with Gasteiger partial charge >= 0.3 is 0 Å². The van der Waals surface area contributed by atoms with Gasteiger partial charge in [0, 0.05) is 0 Å². The Morgan fingerprint density at radius 2 is 2.00 bits per heavy atom. The van der Waals surface area contributed by atoms with Crippen molar-refractivity contribution in [1.82, 2.24) is 0 Å². The zero-order valence-corrected chi connectivity index (χ0v) is 10.4. The van der Waals surface area contributed by atoms with Crippen molar-refractivity contribution in [2.45, 2.75) is 12.0 Å². The fourth-order valence-electron chi connectivity index (χ4n) is 1.06. The molecule has 0 saturated carbocycles. The summed E-state index contributed by atoms with van der Waals surface area (Å²) in [6.45, 7) is -1.31. The number of halogens is 4. The second-order valence-corrected chi connectivity index (χ2v) is 3.96. The third kappa shape index (κ3) is 3.28. The van der Waals surface area contributed by atoms with Gasteiger partial charge in [0.1, 0.15) is 12.4 Å². The molecule has 4 N–H and O–H groups in total. The minimum atomic E-state index is -3.38. The number of benzene rings is 1. The molecule has 7 heteroatoms. The fraction of sp³-hybridized carbons (Fsp3) is 0.333. The highest BCUT2D eigenvalue weighted by atomic mass is 79.9. The maximum absolute atomic E-state index is 13.0. The lowest BCUT2D eigenvalue weighted by Gasteiger charge is -2.21. The van der Waals surface area contributed by atoms with Gasteiger partial charge in [-0.05, 0) is 33.6 Å². The van der Waals surface area contributed by atoms with Crippen LogP contribution in [-0.2, 0) is 0 Å². The SMILES string of the molecule is Cl.N[C@H](c1ccc(O)c(Br)c1)C(F)(F)CO. The number of aromatic hydroxyl groups is 1. The van der Waals surface area contributed by atoms with Gasteiger partial charge in [-0.1, -0.05) is 6.07 Å². The van der Waals surface area contributed by atoms with Gasteiger partial charge in [0.05, 0.1) is 10.5 Å². The number of hydrogen-bond acceptors (Lipinski definition) is 3. The van der Waals surface area contributed by atoms with E-state index in [0.717, 1.165) is 0 Å². The van der Waals surface area contributed by atoms with Crippen molar-refractivity contribution in [2.75, 3.05) is 6.61 Å². The predicted octanol–water partition coefficient (Wildman–Crippen LogP) is 2.20. The largest absolute Gasteiger partial charge is 0.507 e. The second-order valence-electron chi connectivity index (χ2n) is 3.11. The molecule has 0 radical (unpaired) electrons. The minimum absolute atomic E-state index is 0. The molecule has 16 heavy (non-hydrogen) atoms. The summed E-state index contributed by atoms with van der Waals surface area (Å²) < 4.78 is 26.3. The molecule has 1 atom stereocenters. The van der Waals surface area contributed by atoms with Crippen molar-refractivity contribution in [1.29, 1.82) is 0 Å². The highest BCUT2D eigenvalue weighted by Crippen LogP contribution is 2.32. The van der Waals surface area contributed by atoms with E-state index in [0.29, 0.717) is 0 Å². The maximum atomic E-state index is 13.0. The van der Waals surface area contributed by atoms with Gasteiger partial charge in [0.2, 0.25) is 0 Å². The molecule has 0 bridgehead atoms. The van der Waals surface area contributed by atoms with Crippen molar-refractivity contribution in [3.8, 4) is 5.75 Å². The Morgan fingerprint density at radius 3 is 2.44 bits per heavy atom. The monoisotopic (exact) mass is 317 g/mol. The average Bonchev–Trinajstić information content (AvgIpc) is 2.21. The Kier molecular flexibility index (Phi) is 5.61. The first-order chi connectivity index (χ1) is 6.88. The highest BCUT2D eigenvalue weighted by molar-refractivity contribution is 9.10. The van der Waals surface area contributed by atoms with E-state index in [1.165, 1.54) is 18.2 Å². The van der Waals surface area contributed by atoms with Crippen molar-refractivity contribution < 1.29 is 19.0 Å². The molecule has 3 nitrogen and oxygen atoms in total. The lowest BCUT2D eigenvalue weighted by Crippen LogP contribution is -2.36. The first-order valence-electron chi connectivity index (χ1n) is 4.11. The molecular weight excluding hydrogens is 307 g/mol. The Morgan fingerprint density at radius 1 is 1.44 bits per heavy atom. The number of phenols is 1. The predicted molar refractivity (Wildman–Crippen MR) is 62.0 cm³/mol. The smallest absolute Gasteiger partial charge is 0.289 e. The van der Waals surface area contributed by atoms with Crippen LogP contribution >= 0.6 is 28.3 Å². The molecule has 1 aromatic rings. The third-order valence-corrected chi connectivity index (χ3v) is 2.63. The molecule has 0 fully saturated rings. The van der Waals surface area contributed by atoms with E-state index < -0.39 is 18.6 Å². The van der Waals surface area contributed by atoms with Crippen molar-refractivity contribution in [2.24, 2.45) is 5.73 Å². The third-order valence-electron chi connectivity index (χ3n) is 2.00. The van der Waals surface area contributed by atoms with Crippen LogP contribution in [0.25, 0.3) is 0 Å². The number of nitrogens with two attached hydrogens (primary N) is 1. The van der Waals surface area contributed by atoms with E-state index in [1.54, 1.807) is 0 Å². The summed E-state index contributed by atoms with van der Waals surface area (Å²) in [5.74, 6) is -3.44. The van der Waals surface area contributed by atoms with Crippen LogP contribution in [0.2, 0.25) is 0 Å². The molecule has 0 heterocycles. The summed E-state index contributed by atoms with van der Waals surface area (Å²) >= 11 is 2.99. The number of aliphatic hydroxyl groups is 1. The summed E-state index contributed by atoms with van der Waals surface area (Å²) in [5, 5.41) is 17.6. The van der Waals surface area contributed by atoms with Crippen LogP contribution in [0, 0.1) is 0 Å². The van der Waals surface area contributed by atoms with Gasteiger partial charge in [0.15, 0.2) is 0 Å². The molecule has 0 aliphatic rings. The van der Waals surface area contributed by atoms with Gasteiger partial charge in [-0.15, -0.1) is 12.4 Å². The zero-order chi connectivity index (χ0) is 11.6. The number of phenolic OH excluding ortho intramolecular Hbond substituents is 1. The molecule has 0 spiro atoms. The van der Waals surface area contributed by atoms with Crippen molar-refractivity contribution in [3.63, 3.8) is 0 Å². The molecule has 0 aromatic heterocycles. The molecule has 0 amide bonds. The van der Waals surface area contributed by atoms with Crippen LogP contribution in [0.4, 0.5) is 8.78 Å². The zero-order valence-electron chi connectivity index (χ0n) is 8.03. The Balaban J connectivity index is 0.00000225. The van der Waals surface area contributed by atoms with E-state index in [9.17, 15) is 8.78 Å². The van der Waals surface area contributed by atoms with Crippen LogP contribution in [0.5, 0.6) is 5.75 Å². The van der Waals surface area contributed by atoms with Crippen LogP contribution < -0.4 is 5.73 Å². The lowest BCUT2D eigenvalue weighted by molar-refractivity contribution is -0.0712. The van der Waals surface area contributed by atoms with E-state index >= 15 is 0 Å². The van der Waals surface area contributed by atoms with Gasteiger partial charge in [-0.25, -0.2) is 8.78 Å². The Labute approximate surface area is 106 Å². The van der Waals surface area contributed by atoms with Gasteiger partial charge < -0.3 is 15.9 Å². The van der Waals surface area contributed by atoms with Crippen molar-refractivity contribution >= 4 is 28.3 Å². The van der Waals surface area contributed by atoms with Crippen molar-refractivity contribution in [3.05, 3.63) is 28.2 Å². The standard InChI is InChI=1S/C9H10BrF2NO2.ClH/c10-6-3-5(1-2-7(6)15)8(13)9(11,12)4-14;/h1-3,8,14-15H,4,13H2;1H/t8-;/m1./s1. The Hall–Kier alpha value is -0.430. The molecule has 92 valence electrons. The molecule has 0 aliphatic carbocycles.